The van der Waals surface area contributed by atoms with Crippen molar-refractivity contribution in [3.8, 4) is 0 Å². The van der Waals surface area contributed by atoms with Gasteiger partial charge in [-0.05, 0) is 73.3 Å². The van der Waals surface area contributed by atoms with E-state index >= 15 is 0 Å². The van der Waals surface area contributed by atoms with Crippen LogP contribution in [-0.2, 0) is 42.3 Å². The summed E-state index contributed by atoms with van der Waals surface area (Å²) in [6.45, 7) is 2.61. The van der Waals surface area contributed by atoms with E-state index in [-0.39, 0.29) is 5.03 Å². The molecular weight excluding hydrogens is 364 g/mol. The van der Waals surface area contributed by atoms with Gasteiger partial charge in [-0.25, -0.2) is 9.52 Å². The second kappa shape index (κ2) is 6.99. The van der Waals surface area contributed by atoms with Gasteiger partial charge < -0.3 is 5.32 Å². The molecule has 1 aromatic carbocycles. The Morgan fingerprint density at radius 3 is 2.44 bits per heavy atom. The number of aromatic nitrogens is 2. The minimum Gasteiger partial charge on any atom is -0.307 e. The number of aryl methyl sites for hydroxylation is 3. The van der Waals surface area contributed by atoms with Crippen LogP contribution in [0.3, 0.4) is 0 Å². The lowest BCUT2D eigenvalue weighted by molar-refractivity contribution is 0.256. The first-order chi connectivity index (χ1) is 13.0. The van der Waals surface area contributed by atoms with Crippen LogP contribution in [0.1, 0.15) is 48.4 Å². The maximum atomic E-state index is 12.5. The Hall–Kier alpha value is -2.35. The van der Waals surface area contributed by atoms with Crippen molar-refractivity contribution < 1.29 is 13.2 Å². The smallest absolute Gasteiger partial charge is 0.307 e. The van der Waals surface area contributed by atoms with Gasteiger partial charge in [0.05, 0.1) is 0 Å². The third kappa shape index (κ3) is 3.45. The number of urea groups is 1. The molecule has 144 valence electrons. The summed E-state index contributed by atoms with van der Waals surface area (Å²) in [6, 6.07) is 2.95. The first-order valence-corrected chi connectivity index (χ1v) is 11.0. The van der Waals surface area contributed by atoms with Crippen LogP contribution < -0.4 is 10.0 Å². The molecule has 27 heavy (non-hydrogen) atoms. The van der Waals surface area contributed by atoms with Crippen molar-refractivity contribution >= 4 is 21.7 Å². The highest BCUT2D eigenvalue weighted by Crippen LogP contribution is 2.38. The van der Waals surface area contributed by atoms with E-state index in [9.17, 15) is 13.2 Å². The number of anilines is 1. The molecule has 0 bridgehead atoms. The highest BCUT2D eigenvalue weighted by Gasteiger charge is 2.27. The van der Waals surface area contributed by atoms with E-state index in [4.69, 9.17) is 0 Å². The van der Waals surface area contributed by atoms with Crippen LogP contribution in [-0.4, -0.2) is 24.2 Å². The molecule has 2 amide bonds. The number of fused-ring (bicyclic) bond motifs is 2. The quantitative estimate of drug-likeness (QED) is 0.824. The van der Waals surface area contributed by atoms with Crippen molar-refractivity contribution in [3.63, 3.8) is 0 Å². The Bertz CT molecular complexity index is 962. The average molecular weight is 388 g/mol. The van der Waals surface area contributed by atoms with E-state index in [0.717, 1.165) is 61.8 Å². The number of nitrogens with zero attached hydrogens (tertiary/aromatic N) is 2. The van der Waals surface area contributed by atoms with Gasteiger partial charge >= 0.3 is 6.03 Å². The maximum Gasteiger partial charge on any atom is 0.333 e. The molecular formula is C19H24N4O3S. The van der Waals surface area contributed by atoms with Crippen molar-refractivity contribution in [1.82, 2.24) is 14.5 Å². The molecule has 7 nitrogen and oxygen atoms in total. The number of hydrogen-bond donors (Lipinski definition) is 2. The molecule has 0 radical (unpaired) electrons. The molecule has 2 aliphatic carbocycles. The Kier molecular flexibility index (Phi) is 4.67. The van der Waals surface area contributed by atoms with Crippen molar-refractivity contribution in [2.75, 3.05) is 5.32 Å². The lowest BCUT2D eigenvalue weighted by atomic mass is 9.99. The standard InChI is InChI=1S/C19H24N4O3S/c1-2-10-23-11-9-17(21-23)27(25,26)22-19(24)20-18-15-7-3-5-13(15)12-14-6-4-8-16(14)18/h9,11-12H,2-8,10H2,1H3,(H2,20,22,24). The third-order valence-electron chi connectivity index (χ3n) is 5.28. The van der Waals surface area contributed by atoms with Crippen LogP contribution in [0.4, 0.5) is 10.5 Å². The SMILES string of the molecule is CCCn1ccc(S(=O)(=O)NC(=O)Nc2c3c(cc4c2CCC4)CCC3)n1. The maximum absolute atomic E-state index is 12.5. The van der Waals surface area contributed by atoms with Gasteiger partial charge in [0.2, 0.25) is 0 Å². The number of rotatable bonds is 5. The van der Waals surface area contributed by atoms with Gasteiger partial charge in [-0.2, -0.15) is 13.5 Å². The van der Waals surface area contributed by atoms with Crippen LogP contribution in [0.5, 0.6) is 0 Å². The van der Waals surface area contributed by atoms with E-state index in [2.05, 4.69) is 21.2 Å². The van der Waals surface area contributed by atoms with Crippen LogP contribution in [0.2, 0.25) is 0 Å². The van der Waals surface area contributed by atoms with Gasteiger partial charge in [-0.3, -0.25) is 4.68 Å². The van der Waals surface area contributed by atoms with E-state index in [1.807, 2.05) is 6.92 Å². The molecule has 2 N–H and O–H groups in total. The second-order valence-corrected chi connectivity index (χ2v) is 8.84. The molecule has 1 heterocycles. The Labute approximate surface area is 159 Å². The zero-order valence-corrected chi connectivity index (χ0v) is 16.2. The van der Waals surface area contributed by atoms with Gasteiger partial charge in [0.15, 0.2) is 5.03 Å². The van der Waals surface area contributed by atoms with Crippen molar-refractivity contribution in [2.24, 2.45) is 0 Å². The Morgan fingerprint density at radius 2 is 1.81 bits per heavy atom. The monoisotopic (exact) mass is 388 g/mol. The number of carbonyl (C=O) groups excluding carboxylic acids is 1. The number of sulfonamides is 1. The fraction of sp³-hybridized carbons (Fsp3) is 0.474. The summed E-state index contributed by atoms with van der Waals surface area (Å²) < 4.78 is 28.6. The second-order valence-electron chi connectivity index (χ2n) is 7.21. The lowest BCUT2D eigenvalue weighted by Gasteiger charge is -2.16. The molecule has 0 spiro atoms. The number of hydrogen-bond acceptors (Lipinski definition) is 4. The van der Waals surface area contributed by atoms with E-state index in [1.54, 1.807) is 10.9 Å². The largest absolute Gasteiger partial charge is 0.333 e. The van der Waals surface area contributed by atoms with Crippen LogP contribution in [0.15, 0.2) is 23.4 Å². The normalized spacial score (nSPS) is 15.4. The summed E-state index contributed by atoms with van der Waals surface area (Å²) in [5, 5.41) is 6.73. The minimum absolute atomic E-state index is 0.144. The first-order valence-electron chi connectivity index (χ1n) is 9.51. The molecule has 2 aromatic rings. The van der Waals surface area contributed by atoms with Gasteiger partial charge in [0.25, 0.3) is 10.0 Å². The topological polar surface area (TPSA) is 93.1 Å². The Morgan fingerprint density at radius 1 is 1.15 bits per heavy atom. The van der Waals surface area contributed by atoms with E-state index in [0.29, 0.717) is 6.54 Å². The van der Waals surface area contributed by atoms with E-state index < -0.39 is 16.1 Å². The molecule has 2 aliphatic rings. The summed E-state index contributed by atoms with van der Waals surface area (Å²) in [6.07, 6.45) is 8.48. The van der Waals surface area contributed by atoms with Gasteiger partial charge in [-0.1, -0.05) is 13.0 Å². The van der Waals surface area contributed by atoms with Crippen molar-refractivity contribution in [3.05, 3.63) is 40.6 Å². The van der Waals surface area contributed by atoms with Crippen molar-refractivity contribution in [2.45, 2.75) is 63.4 Å². The predicted molar refractivity (Wildman–Crippen MR) is 102 cm³/mol. The highest BCUT2D eigenvalue weighted by molar-refractivity contribution is 7.90. The predicted octanol–water partition coefficient (Wildman–Crippen LogP) is 2.78. The van der Waals surface area contributed by atoms with Gasteiger partial charge in [0.1, 0.15) is 0 Å². The van der Waals surface area contributed by atoms with E-state index in [1.165, 1.54) is 17.2 Å². The zero-order valence-electron chi connectivity index (χ0n) is 15.4. The zero-order chi connectivity index (χ0) is 19.0. The number of amides is 2. The molecule has 4 rings (SSSR count). The summed E-state index contributed by atoms with van der Waals surface area (Å²) in [5.74, 6) is 0. The summed E-state index contributed by atoms with van der Waals surface area (Å²) in [7, 11) is -4.00. The van der Waals surface area contributed by atoms with Crippen molar-refractivity contribution in [1.29, 1.82) is 0 Å². The number of benzene rings is 1. The molecule has 0 saturated carbocycles. The van der Waals surface area contributed by atoms with Crippen LogP contribution in [0.25, 0.3) is 0 Å². The molecule has 8 heteroatoms. The highest BCUT2D eigenvalue weighted by atomic mass is 32.2. The lowest BCUT2D eigenvalue weighted by Crippen LogP contribution is -2.35. The van der Waals surface area contributed by atoms with Crippen LogP contribution in [0, 0.1) is 0 Å². The molecule has 0 atom stereocenters. The fourth-order valence-electron chi connectivity index (χ4n) is 4.12. The fourth-order valence-corrected chi connectivity index (χ4v) is 4.97. The number of nitrogens with one attached hydrogen (secondary N) is 2. The number of carbonyl (C=O) groups is 1. The summed E-state index contributed by atoms with van der Waals surface area (Å²) >= 11 is 0. The first kappa shape index (κ1) is 18.0. The average Bonchev–Trinajstić information content (AvgIpc) is 3.34. The molecule has 0 aliphatic heterocycles. The van der Waals surface area contributed by atoms with Crippen LogP contribution >= 0.6 is 0 Å². The summed E-state index contributed by atoms with van der Waals surface area (Å²) in [5.41, 5.74) is 5.71. The molecule has 0 fully saturated rings. The Balaban J connectivity index is 1.55. The molecule has 0 unspecified atom stereocenters. The minimum atomic E-state index is -4.00. The van der Waals surface area contributed by atoms with Gasteiger partial charge in [0, 0.05) is 18.4 Å². The third-order valence-corrected chi connectivity index (χ3v) is 6.51. The van der Waals surface area contributed by atoms with Gasteiger partial charge in [-0.15, -0.1) is 0 Å². The molecule has 0 saturated heterocycles. The summed E-state index contributed by atoms with van der Waals surface area (Å²) in [4.78, 5) is 12.5. The molecule has 1 aromatic heterocycles.